The fourth-order valence-electron chi connectivity index (χ4n) is 1.49. The molecular weight excluding hydrogens is 218 g/mol. The molecule has 0 aliphatic carbocycles. The average molecular weight is 236 g/mol. The first-order chi connectivity index (χ1) is 6.84. The summed E-state index contributed by atoms with van der Waals surface area (Å²) < 4.78 is 0. The highest BCUT2D eigenvalue weighted by Crippen LogP contribution is 2.23. The normalized spacial score (nSPS) is 21.1. The number of hydrogen-bond donors (Lipinski definition) is 1. The molecule has 0 aromatic rings. The van der Waals surface area contributed by atoms with E-state index in [9.17, 15) is 4.79 Å². The van der Waals surface area contributed by atoms with Crippen LogP contribution in [0.15, 0.2) is 0 Å². The van der Waals surface area contributed by atoms with Crippen LogP contribution in [0.2, 0.25) is 0 Å². The number of nitrogens with one attached hydrogen (secondary N) is 1. The van der Waals surface area contributed by atoms with Gasteiger partial charge in [-0.2, -0.15) is 11.8 Å². The quantitative estimate of drug-likeness (QED) is 0.565. The second kappa shape index (κ2) is 7.41. The van der Waals surface area contributed by atoms with E-state index in [0.29, 0.717) is 0 Å². The fourth-order valence-corrected chi connectivity index (χ4v) is 2.90. The summed E-state index contributed by atoms with van der Waals surface area (Å²) >= 11 is 7.44. The van der Waals surface area contributed by atoms with Crippen LogP contribution >= 0.6 is 23.4 Å². The van der Waals surface area contributed by atoms with Gasteiger partial charge < -0.3 is 5.32 Å². The van der Waals surface area contributed by atoms with Crippen molar-refractivity contribution in [2.75, 3.05) is 23.9 Å². The molecule has 4 heteroatoms. The summed E-state index contributed by atoms with van der Waals surface area (Å²) in [6.45, 7) is 0.816. The molecule has 2 nitrogen and oxygen atoms in total. The maximum Gasteiger partial charge on any atom is 0.223 e. The molecule has 1 amide bonds. The van der Waals surface area contributed by atoms with Crippen molar-refractivity contribution in [3.63, 3.8) is 0 Å². The first kappa shape index (κ1) is 12.2. The minimum Gasteiger partial charge on any atom is -0.356 e. The molecular formula is C10H18ClNOS. The van der Waals surface area contributed by atoms with Gasteiger partial charge in [0.2, 0.25) is 5.91 Å². The summed E-state index contributed by atoms with van der Waals surface area (Å²) in [6, 6.07) is 0. The molecule has 1 N–H and O–H groups in total. The molecule has 0 radical (unpaired) electrons. The van der Waals surface area contributed by atoms with E-state index >= 15 is 0 Å². The fraction of sp³-hybridized carbons (Fsp3) is 0.900. The maximum absolute atomic E-state index is 11.5. The van der Waals surface area contributed by atoms with Crippen molar-refractivity contribution in [3.05, 3.63) is 0 Å². The average Bonchev–Trinajstić information content (AvgIpc) is 2.70. The van der Waals surface area contributed by atoms with E-state index in [1.54, 1.807) is 0 Å². The van der Waals surface area contributed by atoms with Crippen molar-refractivity contribution in [2.45, 2.75) is 25.7 Å². The van der Waals surface area contributed by atoms with Crippen LogP contribution in [0.1, 0.15) is 25.7 Å². The highest BCUT2D eigenvalue weighted by molar-refractivity contribution is 7.99. The van der Waals surface area contributed by atoms with Gasteiger partial charge in [0.25, 0.3) is 0 Å². The molecule has 0 bridgehead atoms. The van der Waals surface area contributed by atoms with Crippen molar-refractivity contribution < 1.29 is 4.79 Å². The Morgan fingerprint density at radius 3 is 2.93 bits per heavy atom. The van der Waals surface area contributed by atoms with Crippen LogP contribution in [-0.2, 0) is 4.79 Å². The highest BCUT2D eigenvalue weighted by atomic mass is 35.5. The van der Waals surface area contributed by atoms with E-state index in [4.69, 9.17) is 11.6 Å². The molecule has 0 spiro atoms. The number of carbonyl (C=O) groups excluding carboxylic acids is 1. The van der Waals surface area contributed by atoms with E-state index in [1.165, 1.54) is 0 Å². The molecule has 1 atom stereocenters. The Kier molecular flexibility index (Phi) is 6.45. The maximum atomic E-state index is 11.5. The zero-order valence-corrected chi connectivity index (χ0v) is 10.0. The number of thioether (sulfide) groups is 1. The molecule has 1 aliphatic heterocycles. The monoisotopic (exact) mass is 235 g/mol. The number of hydrogen-bond acceptors (Lipinski definition) is 2. The molecule has 1 heterocycles. The van der Waals surface area contributed by atoms with E-state index < -0.39 is 0 Å². The number of unbranched alkanes of at least 4 members (excludes halogenated alkanes) is 2. The van der Waals surface area contributed by atoms with Gasteiger partial charge >= 0.3 is 0 Å². The first-order valence-electron chi connectivity index (χ1n) is 5.26. The van der Waals surface area contributed by atoms with Crippen LogP contribution in [0.5, 0.6) is 0 Å². The second-order valence-electron chi connectivity index (χ2n) is 3.60. The minimum absolute atomic E-state index is 0.251. The van der Waals surface area contributed by atoms with Crippen molar-refractivity contribution in [1.29, 1.82) is 0 Å². The standard InChI is InChI=1S/C10H18ClNOS/c11-5-2-1-3-6-12-10(13)9-4-7-14-8-9/h9H,1-8H2,(H,12,13). The van der Waals surface area contributed by atoms with Gasteiger partial charge in [-0.3, -0.25) is 4.79 Å². The zero-order valence-electron chi connectivity index (χ0n) is 8.43. The third kappa shape index (κ3) is 4.56. The number of amides is 1. The summed E-state index contributed by atoms with van der Waals surface area (Å²) in [4.78, 5) is 11.5. The molecule has 1 fully saturated rings. The van der Waals surface area contributed by atoms with Gasteiger partial charge in [0, 0.05) is 24.1 Å². The molecule has 1 unspecified atom stereocenters. The summed E-state index contributed by atoms with van der Waals surface area (Å²) in [5.74, 6) is 3.40. The molecule has 1 aliphatic rings. The Balaban J connectivity index is 1.97. The van der Waals surface area contributed by atoms with Crippen LogP contribution in [-0.4, -0.2) is 29.8 Å². The Morgan fingerprint density at radius 2 is 2.29 bits per heavy atom. The largest absolute Gasteiger partial charge is 0.356 e. The Morgan fingerprint density at radius 1 is 1.43 bits per heavy atom. The lowest BCUT2D eigenvalue weighted by molar-refractivity contribution is -0.124. The van der Waals surface area contributed by atoms with E-state index in [1.807, 2.05) is 11.8 Å². The smallest absolute Gasteiger partial charge is 0.223 e. The summed E-state index contributed by atoms with van der Waals surface area (Å²) in [5, 5.41) is 2.99. The highest BCUT2D eigenvalue weighted by Gasteiger charge is 2.22. The summed E-state index contributed by atoms with van der Waals surface area (Å²) in [7, 11) is 0. The Bertz CT molecular complexity index is 172. The summed E-state index contributed by atoms with van der Waals surface area (Å²) in [6.07, 6.45) is 4.27. The molecule has 1 rings (SSSR count). The molecule has 1 saturated heterocycles. The molecule has 14 heavy (non-hydrogen) atoms. The second-order valence-corrected chi connectivity index (χ2v) is 5.13. The molecule has 0 saturated carbocycles. The van der Waals surface area contributed by atoms with Gasteiger partial charge in [-0.05, 0) is 25.0 Å². The van der Waals surface area contributed by atoms with Gasteiger partial charge in [0.05, 0.1) is 0 Å². The zero-order chi connectivity index (χ0) is 10.2. The van der Waals surface area contributed by atoms with Crippen LogP contribution in [0.4, 0.5) is 0 Å². The van der Waals surface area contributed by atoms with Crippen LogP contribution < -0.4 is 5.32 Å². The predicted molar refractivity (Wildman–Crippen MR) is 63.0 cm³/mol. The van der Waals surface area contributed by atoms with Gasteiger partial charge in [0.15, 0.2) is 0 Å². The van der Waals surface area contributed by atoms with E-state index in [0.717, 1.165) is 49.6 Å². The van der Waals surface area contributed by atoms with Crippen molar-refractivity contribution in [1.82, 2.24) is 5.32 Å². The van der Waals surface area contributed by atoms with E-state index in [-0.39, 0.29) is 11.8 Å². The van der Waals surface area contributed by atoms with Crippen LogP contribution in [0.25, 0.3) is 0 Å². The number of carbonyl (C=O) groups is 1. The van der Waals surface area contributed by atoms with Gasteiger partial charge in [-0.15, -0.1) is 11.6 Å². The molecule has 0 aromatic heterocycles. The number of alkyl halides is 1. The SMILES string of the molecule is O=C(NCCCCCCl)C1CCSC1. The lowest BCUT2D eigenvalue weighted by atomic mass is 10.1. The van der Waals surface area contributed by atoms with Crippen LogP contribution in [0.3, 0.4) is 0 Å². The van der Waals surface area contributed by atoms with E-state index in [2.05, 4.69) is 5.32 Å². The van der Waals surface area contributed by atoms with Gasteiger partial charge in [-0.1, -0.05) is 6.42 Å². The third-order valence-corrected chi connectivity index (χ3v) is 3.84. The number of halogens is 1. The van der Waals surface area contributed by atoms with Gasteiger partial charge in [0.1, 0.15) is 0 Å². The minimum atomic E-state index is 0.251. The van der Waals surface area contributed by atoms with Crippen LogP contribution in [0, 0.1) is 5.92 Å². The molecule has 82 valence electrons. The molecule has 0 aromatic carbocycles. The summed E-state index contributed by atoms with van der Waals surface area (Å²) in [5.41, 5.74) is 0. The number of rotatable bonds is 6. The topological polar surface area (TPSA) is 29.1 Å². The Hall–Kier alpha value is 0.110. The third-order valence-electron chi connectivity index (χ3n) is 2.41. The van der Waals surface area contributed by atoms with Crippen molar-refractivity contribution >= 4 is 29.3 Å². The lowest BCUT2D eigenvalue weighted by Gasteiger charge is -2.09. The predicted octanol–water partition coefficient (Wildman–Crippen LogP) is 2.26. The van der Waals surface area contributed by atoms with Crippen molar-refractivity contribution in [3.8, 4) is 0 Å². The van der Waals surface area contributed by atoms with Crippen molar-refractivity contribution in [2.24, 2.45) is 5.92 Å². The lowest BCUT2D eigenvalue weighted by Crippen LogP contribution is -2.31. The van der Waals surface area contributed by atoms with Gasteiger partial charge in [-0.25, -0.2) is 0 Å². The first-order valence-corrected chi connectivity index (χ1v) is 6.95. The Labute approximate surface area is 95.2 Å².